The molecule has 0 saturated carbocycles. The van der Waals surface area contributed by atoms with Crippen molar-refractivity contribution >= 4 is 17.5 Å². The molecule has 56 valence electrons. The molecule has 1 fully saturated rings. The lowest BCUT2D eigenvalue weighted by Crippen LogP contribution is -2.21. The summed E-state index contributed by atoms with van der Waals surface area (Å²) in [7, 11) is 0. The molecule has 0 aromatic heterocycles. The number of carbonyl (C=O) groups excluding carboxylic acids is 1. The predicted molar refractivity (Wildman–Crippen MR) is 45.3 cm³/mol. The van der Waals surface area contributed by atoms with Gasteiger partial charge in [-0.15, -0.1) is 6.58 Å². The molecule has 0 aromatic rings. The van der Waals surface area contributed by atoms with Gasteiger partial charge in [0.1, 0.15) is 5.78 Å². The van der Waals surface area contributed by atoms with E-state index < -0.39 is 0 Å². The zero-order valence-electron chi connectivity index (χ0n) is 6.01. The SMILES string of the molecule is C=CC[C@H]1CSCCC1=O. The van der Waals surface area contributed by atoms with Crippen LogP contribution in [0.25, 0.3) is 0 Å². The fourth-order valence-electron chi connectivity index (χ4n) is 1.10. The fraction of sp³-hybridized carbons (Fsp3) is 0.625. The third-order valence-corrected chi connectivity index (χ3v) is 2.85. The van der Waals surface area contributed by atoms with Gasteiger partial charge < -0.3 is 0 Å². The lowest BCUT2D eigenvalue weighted by molar-refractivity contribution is -0.121. The molecule has 0 aromatic carbocycles. The minimum Gasteiger partial charge on any atom is -0.299 e. The Morgan fingerprint density at radius 2 is 2.60 bits per heavy atom. The van der Waals surface area contributed by atoms with Gasteiger partial charge in [0, 0.05) is 23.8 Å². The first-order valence-electron chi connectivity index (χ1n) is 3.56. The van der Waals surface area contributed by atoms with Gasteiger partial charge in [0.15, 0.2) is 0 Å². The second-order valence-electron chi connectivity index (χ2n) is 2.51. The molecule has 0 aliphatic carbocycles. The standard InChI is InChI=1S/C8H12OS/c1-2-3-7-6-10-5-4-8(7)9/h2,7H,1,3-6H2/t7-/m0/s1. The Balaban J connectivity index is 2.39. The molecule has 1 saturated heterocycles. The van der Waals surface area contributed by atoms with E-state index in [1.807, 2.05) is 17.8 Å². The number of ketones is 1. The van der Waals surface area contributed by atoms with E-state index in [0.29, 0.717) is 5.78 Å². The third kappa shape index (κ3) is 1.87. The smallest absolute Gasteiger partial charge is 0.137 e. The highest BCUT2D eigenvalue weighted by atomic mass is 32.2. The van der Waals surface area contributed by atoms with Crippen molar-refractivity contribution in [2.45, 2.75) is 12.8 Å². The summed E-state index contributed by atoms with van der Waals surface area (Å²) in [5.74, 6) is 2.73. The first kappa shape index (κ1) is 7.86. The van der Waals surface area contributed by atoms with Crippen LogP contribution in [0.2, 0.25) is 0 Å². The minimum absolute atomic E-state index is 0.274. The van der Waals surface area contributed by atoms with Crippen LogP contribution in [0.5, 0.6) is 0 Å². The van der Waals surface area contributed by atoms with Gasteiger partial charge in [-0.25, -0.2) is 0 Å². The quantitative estimate of drug-likeness (QED) is 0.568. The number of carbonyl (C=O) groups is 1. The Labute approximate surface area is 65.9 Å². The first-order chi connectivity index (χ1) is 4.84. The molecule has 2 heteroatoms. The Morgan fingerprint density at radius 3 is 3.20 bits per heavy atom. The minimum atomic E-state index is 0.274. The van der Waals surface area contributed by atoms with Crippen LogP contribution < -0.4 is 0 Å². The average Bonchev–Trinajstić information content (AvgIpc) is 1.94. The second-order valence-corrected chi connectivity index (χ2v) is 3.66. The maximum Gasteiger partial charge on any atom is 0.137 e. The molecular weight excluding hydrogens is 144 g/mol. The molecule has 1 aliphatic rings. The maximum atomic E-state index is 11.1. The molecule has 0 N–H and O–H groups in total. The summed E-state index contributed by atoms with van der Waals surface area (Å²) in [4.78, 5) is 11.1. The third-order valence-electron chi connectivity index (χ3n) is 1.72. The summed E-state index contributed by atoms with van der Waals surface area (Å²) in [6.45, 7) is 3.63. The molecule has 1 heterocycles. The number of allylic oxidation sites excluding steroid dienone is 1. The Morgan fingerprint density at radius 1 is 1.80 bits per heavy atom. The van der Waals surface area contributed by atoms with Gasteiger partial charge in [-0.05, 0) is 6.42 Å². The molecule has 0 unspecified atom stereocenters. The average molecular weight is 156 g/mol. The van der Waals surface area contributed by atoms with Crippen molar-refractivity contribution in [3.8, 4) is 0 Å². The van der Waals surface area contributed by atoms with E-state index in [1.54, 1.807) is 0 Å². The van der Waals surface area contributed by atoms with E-state index in [9.17, 15) is 4.79 Å². The predicted octanol–water partition coefficient (Wildman–Crippen LogP) is 1.88. The number of thioether (sulfide) groups is 1. The van der Waals surface area contributed by atoms with E-state index in [4.69, 9.17) is 0 Å². The summed E-state index contributed by atoms with van der Waals surface area (Å²) in [5.41, 5.74) is 0. The Hall–Kier alpha value is -0.240. The van der Waals surface area contributed by atoms with Gasteiger partial charge in [-0.2, -0.15) is 11.8 Å². The van der Waals surface area contributed by atoms with E-state index in [-0.39, 0.29) is 5.92 Å². The monoisotopic (exact) mass is 156 g/mol. The van der Waals surface area contributed by atoms with Crippen molar-refractivity contribution in [2.75, 3.05) is 11.5 Å². The fourth-order valence-corrected chi connectivity index (χ4v) is 2.21. The summed E-state index contributed by atoms with van der Waals surface area (Å²) < 4.78 is 0. The van der Waals surface area contributed by atoms with Crippen molar-refractivity contribution < 1.29 is 4.79 Å². The molecule has 1 atom stereocenters. The van der Waals surface area contributed by atoms with Gasteiger partial charge in [0.2, 0.25) is 0 Å². The molecule has 1 rings (SSSR count). The summed E-state index contributed by atoms with van der Waals surface area (Å²) in [6, 6.07) is 0. The van der Waals surface area contributed by atoms with Crippen LogP contribution >= 0.6 is 11.8 Å². The Bertz CT molecular complexity index is 142. The van der Waals surface area contributed by atoms with Crippen LogP contribution in [0, 0.1) is 5.92 Å². The van der Waals surface area contributed by atoms with E-state index in [1.165, 1.54) is 0 Å². The largest absolute Gasteiger partial charge is 0.299 e. The van der Waals surface area contributed by atoms with Gasteiger partial charge in [0.25, 0.3) is 0 Å². The summed E-state index contributed by atoms with van der Waals surface area (Å²) >= 11 is 1.88. The van der Waals surface area contributed by atoms with Crippen molar-refractivity contribution in [1.82, 2.24) is 0 Å². The van der Waals surface area contributed by atoms with E-state index in [2.05, 4.69) is 6.58 Å². The van der Waals surface area contributed by atoms with Crippen molar-refractivity contribution in [3.05, 3.63) is 12.7 Å². The number of Topliss-reactive ketones (excluding diaryl/α,β-unsaturated/α-hetero) is 1. The summed E-state index contributed by atoms with van der Waals surface area (Å²) in [6.07, 6.45) is 3.48. The lowest BCUT2D eigenvalue weighted by atomic mass is 10.0. The molecule has 0 bridgehead atoms. The topological polar surface area (TPSA) is 17.1 Å². The number of rotatable bonds is 2. The molecule has 10 heavy (non-hydrogen) atoms. The molecule has 0 radical (unpaired) electrons. The highest BCUT2D eigenvalue weighted by Crippen LogP contribution is 2.22. The number of hydrogen-bond acceptors (Lipinski definition) is 2. The Kier molecular flexibility index (Phi) is 3.00. The number of hydrogen-bond donors (Lipinski definition) is 0. The van der Waals surface area contributed by atoms with Crippen molar-refractivity contribution in [3.63, 3.8) is 0 Å². The van der Waals surface area contributed by atoms with Gasteiger partial charge in [-0.1, -0.05) is 6.08 Å². The second kappa shape index (κ2) is 3.81. The molecule has 0 spiro atoms. The van der Waals surface area contributed by atoms with Crippen molar-refractivity contribution in [2.24, 2.45) is 5.92 Å². The van der Waals surface area contributed by atoms with Gasteiger partial charge >= 0.3 is 0 Å². The van der Waals surface area contributed by atoms with Gasteiger partial charge in [-0.3, -0.25) is 4.79 Å². The zero-order chi connectivity index (χ0) is 7.40. The normalized spacial score (nSPS) is 26.4. The summed E-state index contributed by atoms with van der Waals surface area (Å²) in [5, 5.41) is 0. The molecule has 1 aliphatic heterocycles. The van der Waals surface area contributed by atoms with E-state index >= 15 is 0 Å². The van der Waals surface area contributed by atoms with E-state index in [0.717, 1.165) is 24.3 Å². The highest BCUT2D eigenvalue weighted by Gasteiger charge is 2.20. The lowest BCUT2D eigenvalue weighted by Gasteiger charge is -2.17. The van der Waals surface area contributed by atoms with Crippen molar-refractivity contribution in [1.29, 1.82) is 0 Å². The molecular formula is C8H12OS. The van der Waals surface area contributed by atoms with Crippen LogP contribution in [0.4, 0.5) is 0 Å². The zero-order valence-corrected chi connectivity index (χ0v) is 6.82. The van der Waals surface area contributed by atoms with Crippen LogP contribution in [0.15, 0.2) is 12.7 Å². The van der Waals surface area contributed by atoms with Crippen LogP contribution in [-0.2, 0) is 4.79 Å². The maximum absolute atomic E-state index is 11.1. The molecule has 1 nitrogen and oxygen atoms in total. The highest BCUT2D eigenvalue weighted by molar-refractivity contribution is 7.99. The van der Waals surface area contributed by atoms with Crippen LogP contribution in [0.1, 0.15) is 12.8 Å². The van der Waals surface area contributed by atoms with Crippen LogP contribution in [-0.4, -0.2) is 17.3 Å². The molecule has 0 amide bonds. The van der Waals surface area contributed by atoms with Gasteiger partial charge in [0.05, 0.1) is 0 Å². The van der Waals surface area contributed by atoms with Crippen LogP contribution in [0.3, 0.4) is 0 Å². The first-order valence-corrected chi connectivity index (χ1v) is 4.71.